The van der Waals surface area contributed by atoms with Gasteiger partial charge in [-0.15, -0.1) is 13.2 Å². The zero-order chi connectivity index (χ0) is 17.7. The zero-order valence-corrected chi connectivity index (χ0v) is 11.9. The Morgan fingerprint density at radius 1 is 1.12 bits per heavy atom. The molecule has 0 atom stereocenters. The van der Waals surface area contributed by atoms with Gasteiger partial charge in [-0.05, 0) is 23.8 Å². The number of halogens is 3. The Morgan fingerprint density at radius 3 is 2.33 bits per heavy atom. The van der Waals surface area contributed by atoms with E-state index in [0.29, 0.717) is 11.8 Å². The predicted octanol–water partition coefficient (Wildman–Crippen LogP) is 3.88. The highest BCUT2D eigenvalue weighted by Gasteiger charge is 2.30. The molecule has 0 N–H and O–H groups in total. The fourth-order valence-electron chi connectivity index (χ4n) is 1.82. The van der Waals surface area contributed by atoms with Gasteiger partial charge in [-0.3, -0.25) is 14.9 Å². The van der Waals surface area contributed by atoms with Crippen LogP contribution in [0, 0.1) is 10.1 Å². The number of nitro groups is 1. The third-order valence-corrected chi connectivity index (χ3v) is 2.88. The van der Waals surface area contributed by atoms with Crippen LogP contribution < -0.4 is 9.47 Å². The summed E-state index contributed by atoms with van der Waals surface area (Å²) in [6.07, 6.45) is -4.35. The molecule has 0 aromatic heterocycles. The molecule has 0 aliphatic heterocycles. The lowest BCUT2D eigenvalue weighted by molar-refractivity contribution is -0.384. The van der Waals surface area contributed by atoms with E-state index < -0.39 is 11.3 Å². The highest BCUT2D eigenvalue weighted by atomic mass is 19.4. The first-order valence-corrected chi connectivity index (χ1v) is 6.49. The van der Waals surface area contributed by atoms with Crippen molar-refractivity contribution >= 4 is 12.0 Å². The van der Waals surface area contributed by atoms with Crippen LogP contribution in [0.15, 0.2) is 42.5 Å². The van der Waals surface area contributed by atoms with Crippen molar-refractivity contribution in [2.75, 3.05) is 0 Å². The maximum Gasteiger partial charge on any atom is 0.573 e. The van der Waals surface area contributed by atoms with E-state index in [2.05, 4.69) is 4.74 Å². The number of non-ortho nitro benzene ring substituents is 1. The maximum absolute atomic E-state index is 12.1. The molecule has 0 heterocycles. The zero-order valence-electron chi connectivity index (χ0n) is 11.9. The minimum atomic E-state index is -4.77. The molecule has 0 aliphatic rings. The van der Waals surface area contributed by atoms with Gasteiger partial charge in [0.15, 0.2) is 6.29 Å². The van der Waals surface area contributed by atoms with Gasteiger partial charge in [-0.25, -0.2) is 0 Å². The number of alkyl halides is 3. The smallest absolute Gasteiger partial charge is 0.488 e. The van der Waals surface area contributed by atoms with Crippen molar-refractivity contribution < 1.29 is 32.4 Å². The number of aldehydes is 1. The van der Waals surface area contributed by atoms with E-state index in [9.17, 15) is 28.1 Å². The van der Waals surface area contributed by atoms with E-state index in [1.54, 1.807) is 0 Å². The Morgan fingerprint density at radius 2 is 1.79 bits per heavy atom. The fraction of sp³-hybridized carbons (Fsp3) is 0.133. The molecule has 0 saturated heterocycles. The number of ether oxygens (including phenoxy) is 2. The van der Waals surface area contributed by atoms with Gasteiger partial charge in [-0.1, -0.05) is 12.1 Å². The van der Waals surface area contributed by atoms with Gasteiger partial charge in [0.05, 0.1) is 10.5 Å². The minimum absolute atomic E-state index is 0.00113. The van der Waals surface area contributed by atoms with Gasteiger partial charge >= 0.3 is 6.36 Å². The van der Waals surface area contributed by atoms with Crippen molar-refractivity contribution in [1.82, 2.24) is 0 Å². The molecular formula is C15H10F3NO5. The number of rotatable bonds is 6. The van der Waals surface area contributed by atoms with E-state index >= 15 is 0 Å². The molecular weight excluding hydrogens is 331 g/mol. The van der Waals surface area contributed by atoms with Crippen LogP contribution in [-0.2, 0) is 6.61 Å². The van der Waals surface area contributed by atoms with Crippen LogP contribution in [-0.4, -0.2) is 17.6 Å². The van der Waals surface area contributed by atoms with Crippen LogP contribution in [0.4, 0.5) is 18.9 Å². The molecule has 2 rings (SSSR count). The summed E-state index contributed by atoms with van der Waals surface area (Å²) in [5.74, 6) is -0.235. The Labute approximate surface area is 133 Å². The SMILES string of the molecule is O=Cc1cc([N+](=O)[O-])ccc1OCc1ccc(OC(F)(F)F)cc1. The average Bonchev–Trinajstić information content (AvgIpc) is 2.52. The summed E-state index contributed by atoms with van der Waals surface area (Å²) in [6.45, 7) is -0.0368. The molecule has 0 unspecified atom stereocenters. The Hall–Kier alpha value is -3.10. The first-order chi connectivity index (χ1) is 11.3. The van der Waals surface area contributed by atoms with Crippen molar-refractivity contribution in [3.8, 4) is 11.5 Å². The second kappa shape index (κ2) is 6.99. The van der Waals surface area contributed by atoms with Gasteiger partial charge in [-0.2, -0.15) is 0 Å². The van der Waals surface area contributed by atoms with Gasteiger partial charge < -0.3 is 9.47 Å². The second-order valence-corrected chi connectivity index (χ2v) is 4.58. The normalized spacial score (nSPS) is 11.0. The third kappa shape index (κ3) is 4.70. The number of nitro benzene ring substituents is 1. The monoisotopic (exact) mass is 341 g/mol. The molecule has 2 aromatic carbocycles. The maximum atomic E-state index is 12.1. The van der Waals surface area contributed by atoms with Crippen LogP contribution in [0.5, 0.6) is 11.5 Å². The van der Waals surface area contributed by atoms with Crippen molar-refractivity contribution in [3.63, 3.8) is 0 Å². The molecule has 6 nitrogen and oxygen atoms in total. The summed E-state index contributed by atoms with van der Waals surface area (Å²) < 4.78 is 45.3. The molecule has 0 saturated carbocycles. The van der Waals surface area contributed by atoms with Crippen LogP contribution in [0.3, 0.4) is 0 Å². The Kier molecular flexibility index (Phi) is 5.02. The van der Waals surface area contributed by atoms with E-state index in [1.807, 2.05) is 0 Å². The number of hydrogen-bond acceptors (Lipinski definition) is 5. The summed E-state index contributed by atoms with van der Waals surface area (Å²) in [5.41, 5.74) is 0.277. The highest BCUT2D eigenvalue weighted by molar-refractivity contribution is 5.80. The van der Waals surface area contributed by atoms with Crippen molar-refractivity contribution in [2.45, 2.75) is 13.0 Å². The van der Waals surface area contributed by atoms with Crippen LogP contribution >= 0.6 is 0 Å². The van der Waals surface area contributed by atoms with Crippen molar-refractivity contribution in [1.29, 1.82) is 0 Å². The molecule has 24 heavy (non-hydrogen) atoms. The number of benzene rings is 2. The molecule has 9 heteroatoms. The number of hydrogen-bond donors (Lipinski definition) is 0. The molecule has 0 spiro atoms. The summed E-state index contributed by atoms with van der Waals surface area (Å²) in [6, 6.07) is 8.53. The molecule has 0 radical (unpaired) electrons. The molecule has 0 bridgehead atoms. The topological polar surface area (TPSA) is 78.7 Å². The summed E-state index contributed by atoms with van der Waals surface area (Å²) >= 11 is 0. The first kappa shape index (κ1) is 17.3. The Bertz CT molecular complexity index is 744. The van der Waals surface area contributed by atoms with Crippen molar-refractivity contribution in [3.05, 3.63) is 63.7 Å². The summed E-state index contributed by atoms with van der Waals surface area (Å²) in [5, 5.41) is 10.6. The number of carbonyl (C=O) groups is 1. The second-order valence-electron chi connectivity index (χ2n) is 4.58. The lowest BCUT2D eigenvalue weighted by Crippen LogP contribution is -2.17. The average molecular weight is 341 g/mol. The third-order valence-electron chi connectivity index (χ3n) is 2.88. The largest absolute Gasteiger partial charge is 0.573 e. The van der Waals surface area contributed by atoms with Crippen LogP contribution in [0.2, 0.25) is 0 Å². The Balaban J connectivity index is 2.05. The molecule has 0 aliphatic carbocycles. The molecule has 126 valence electrons. The van der Waals surface area contributed by atoms with Gasteiger partial charge in [0.1, 0.15) is 18.1 Å². The van der Waals surface area contributed by atoms with Gasteiger partial charge in [0.25, 0.3) is 5.69 Å². The quantitative estimate of drug-likeness (QED) is 0.452. The van der Waals surface area contributed by atoms with E-state index in [1.165, 1.54) is 24.3 Å². The van der Waals surface area contributed by atoms with Crippen LogP contribution in [0.25, 0.3) is 0 Å². The first-order valence-electron chi connectivity index (χ1n) is 6.49. The van der Waals surface area contributed by atoms with Crippen LogP contribution in [0.1, 0.15) is 15.9 Å². The lowest BCUT2D eigenvalue weighted by atomic mass is 10.2. The minimum Gasteiger partial charge on any atom is -0.488 e. The van der Waals surface area contributed by atoms with Crippen molar-refractivity contribution in [2.24, 2.45) is 0 Å². The van der Waals surface area contributed by atoms with E-state index in [4.69, 9.17) is 4.74 Å². The lowest BCUT2D eigenvalue weighted by Gasteiger charge is -2.10. The molecule has 2 aromatic rings. The summed E-state index contributed by atoms with van der Waals surface area (Å²) in [4.78, 5) is 21.0. The van der Waals surface area contributed by atoms with Gasteiger partial charge in [0.2, 0.25) is 0 Å². The van der Waals surface area contributed by atoms with E-state index in [-0.39, 0.29) is 29.4 Å². The number of nitrogens with zero attached hydrogens (tertiary/aromatic N) is 1. The van der Waals surface area contributed by atoms with Gasteiger partial charge in [0, 0.05) is 12.1 Å². The molecule has 0 fully saturated rings. The molecule has 0 amide bonds. The predicted molar refractivity (Wildman–Crippen MR) is 75.9 cm³/mol. The standard InChI is InChI=1S/C15H10F3NO5/c16-15(17,18)24-13-4-1-10(2-5-13)9-23-14-6-3-12(19(21)22)7-11(14)8-20/h1-8H,9H2. The fourth-order valence-corrected chi connectivity index (χ4v) is 1.82. The highest BCUT2D eigenvalue weighted by Crippen LogP contribution is 2.25. The summed E-state index contributed by atoms with van der Waals surface area (Å²) in [7, 11) is 0. The number of carbonyl (C=O) groups excluding carboxylic acids is 1. The van der Waals surface area contributed by atoms with E-state index in [0.717, 1.165) is 18.2 Å².